The summed E-state index contributed by atoms with van der Waals surface area (Å²) in [5.74, 6) is -5.25. The minimum atomic E-state index is -1.71. The molecule has 4 atom stereocenters. The van der Waals surface area contributed by atoms with Gasteiger partial charge in [-0.2, -0.15) is 0 Å². The van der Waals surface area contributed by atoms with Crippen molar-refractivity contribution in [3.05, 3.63) is 106 Å². The summed E-state index contributed by atoms with van der Waals surface area (Å²) in [6, 6.07) is 25.3. The number of esters is 2. The molecule has 1 N–H and O–H groups in total. The quantitative estimate of drug-likeness (QED) is 0.329. The van der Waals surface area contributed by atoms with E-state index >= 15 is 0 Å². The van der Waals surface area contributed by atoms with E-state index in [2.05, 4.69) is 15.9 Å². The van der Waals surface area contributed by atoms with E-state index in [-0.39, 0.29) is 19.6 Å². The molecule has 0 aliphatic heterocycles. The fraction of sp³-hybridized carbons (Fsp3) is 0.276. The summed E-state index contributed by atoms with van der Waals surface area (Å²) in [6.45, 7) is 1.45. The van der Waals surface area contributed by atoms with Crippen LogP contribution in [0.5, 0.6) is 0 Å². The number of ether oxygens (including phenoxy) is 2. The Morgan fingerprint density at radius 1 is 0.861 bits per heavy atom. The summed E-state index contributed by atoms with van der Waals surface area (Å²) in [4.78, 5) is 40.0. The number of aliphatic hydroxyl groups is 1. The number of carbonyl (C=O) groups excluding carboxylic acids is 3. The fourth-order valence-electron chi connectivity index (χ4n) is 4.74. The second kappa shape index (κ2) is 11.2. The molecule has 1 fully saturated rings. The molecule has 0 spiro atoms. The number of Topliss-reactive ketones (excluding diaryl/α,β-unsaturated/α-hetero) is 1. The summed E-state index contributed by atoms with van der Waals surface area (Å²) in [7, 11) is 0. The third kappa shape index (κ3) is 5.91. The fourth-order valence-corrected chi connectivity index (χ4v) is 5.00. The predicted octanol–water partition coefficient (Wildman–Crippen LogP) is 4.98. The van der Waals surface area contributed by atoms with Crippen LogP contribution in [0.25, 0.3) is 0 Å². The lowest BCUT2D eigenvalue weighted by Crippen LogP contribution is -2.55. The van der Waals surface area contributed by atoms with E-state index in [4.69, 9.17) is 9.47 Å². The molecule has 186 valence electrons. The topological polar surface area (TPSA) is 89.9 Å². The van der Waals surface area contributed by atoms with E-state index in [1.165, 1.54) is 6.92 Å². The highest BCUT2D eigenvalue weighted by Crippen LogP contribution is 2.47. The Morgan fingerprint density at radius 3 is 1.89 bits per heavy atom. The monoisotopic (exact) mass is 550 g/mol. The molecule has 1 aliphatic rings. The average molecular weight is 551 g/mol. The van der Waals surface area contributed by atoms with Crippen LogP contribution in [0.3, 0.4) is 0 Å². The maximum atomic E-state index is 13.4. The lowest BCUT2D eigenvalue weighted by molar-refractivity contribution is -0.174. The molecule has 3 aromatic rings. The van der Waals surface area contributed by atoms with Gasteiger partial charge in [0, 0.05) is 16.8 Å². The van der Waals surface area contributed by atoms with Crippen molar-refractivity contribution in [2.24, 2.45) is 11.8 Å². The van der Waals surface area contributed by atoms with E-state index in [9.17, 15) is 19.5 Å². The zero-order valence-electron chi connectivity index (χ0n) is 19.8. The molecule has 0 bridgehead atoms. The normalized spacial score (nSPS) is 23.6. The first kappa shape index (κ1) is 25.8. The van der Waals surface area contributed by atoms with Crippen LogP contribution in [0.15, 0.2) is 89.4 Å². The SMILES string of the molecule is C[C@]1(O)CC(=O)[C@H](C(=O)OCc2ccccc2)[C@H](c2ccc(Br)cc2)[C@H]1C(=O)OCc1ccccc1. The highest BCUT2D eigenvalue weighted by atomic mass is 79.9. The number of benzene rings is 3. The van der Waals surface area contributed by atoms with Gasteiger partial charge in [0.1, 0.15) is 19.1 Å². The molecule has 7 heteroatoms. The summed E-state index contributed by atoms with van der Waals surface area (Å²) < 4.78 is 11.9. The van der Waals surface area contributed by atoms with Crippen LogP contribution in [0, 0.1) is 11.8 Å². The first-order chi connectivity index (χ1) is 17.3. The molecular formula is C29H27BrO6. The Morgan fingerprint density at radius 2 is 1.36 bits per heavy atom. The van der Waals surface area contributed by atoms with E-state index in [0.717, 1.165) is 15.6 Å². The summed E-state index contributed by atoms with van der Waals surface area (Å²) in [5.41, 5.74) is 0.421. The molecule has 6 nitrogen and oxygen atoms in total. The number of ketones is 1. The summed E-state index contributed by atoms with van der Waals surface area (Å²) >= 11 is 3.39. The Kier molecular flexibility index (Phi) is 8.01. The molecular weight excluding hydrogens is 524 g/mol. The molecule has 36 heavy (non-hydrogen) atoms. The second-order valence-electron chi connectivity index (χ2n) is 9.22. The van der Waals surface area contributed by atoms with Crippen LogP contribution in [-0.4, -0.2) is 28.4 Å². The van der Waals surface area contributed by atoms with Crippen molar-refractivity contribution < 1.29 is 29.0 Å². The van der Waals surface area contributed by atoms with Crippen LogP contribution in [0.2, 0.25) is 0 Å². The first-order valence-corrected chi connectivity index (χ1v) is 12.5. The van der Waals surface area contributed by atoms with Crippen molar-refractivity contribution in [2.45, 2.75) is 38.1 Å². The van der Waals surface area contributed by atoms with E-state index in [1.54, 1.807) is 24.3 Å². The molecule has 0 amide bonds. The van der Waals surface area contributed by atoms with Crippen LogP contribution in [0.1, 0.15) is 36.0 Å². The molecule has 3 aromatic carbocycles. The molecule has 0 unspecified atom stereocenters. The van der Waals surface area contributed by atoms with E-state index in [1.807, 2.05) is 60.7 Å². The van der Waals surface area contributed by atoms with Gasteiger partial charge in [-0.3, -0.25) is 14.4 Å². The Hall–Kier alpha value is -3.29. The maximum Gasteiger partial charge on any atom is 0.317 e. The van der Waals surface area contributed by atoms with Gasteiger partial charge in [-0.05, 0) is 35.7 Å². The second-order valence-corrected chi connectivity index (χ2v) is 10.1. The highest BCUT2D eigenvalue weighted by molar-refractivity contribution is 9.10. The van der Waals surface area contributed by atoms with Crippen molar-refractivity contribution in [2.75, 3.05) is 0 Å². The van der Waals surface area contributed by atoms with Gasteiger partial charge in [0.2, 0.25) is 0 Å². The standard InChI is InChI=1S/C29H27BrO6/c1-29(34)16-23(31)25(27(32)35-17-19-8-4-2-5-9-19)24(21-12-14-22(30)15-13-21)26(29)28(33)36-18-20-10-6-3-7-11-20/h2-15,24-26,34H,16-18H2,1H3/t24-,25-,26-,29-/m0/s1. The van der Waals surface area contributed by atoms with Gasteiger partial charge < -0.3 is 14.6 Å². The summed E-state index contributed by atoms with van der Waals surface area (Å²) in [6.07, 6.45) is -0.365. The van der Waals surface area contributed by atoms with Gasteiger partial charge >= 0.3 is 11.9 Å². The number of carbonyl (C=O) groups is 3. The van der Waals surface area contributed by atoms with Crippen molar-refractivity contribution in [1.82, 2.24) is 0 Å². The molecule has 0 saturated heterocycles. The number of hydrogen-bond donors (Lipinski definition) is 1. The number of hydrogen-bond acceptors (Lipinski definition) is 6. The van der Waals surface area contributed by atoms with Gasteiger partial charge in [0.15, 0.2) is 5.78 Å². The van der Waals surface area contributed by atoms with Gasteiger partial charge in [-0.1, -0.05) is 88.7 Å². The average Bonchev–Trinajstić information content (AvgIpc) is 2.86. The largest absolute Gasteiger partial charge is 0.461 e. The lowest BCUT2D eigenvalue weighted by Gasteiger charge is -2.43. The van der Waals surface area contributed by atoms with Crippen LogP contribution < -0.4 is 0 Å². The Bertz CT molecular complexity index is 1210. The first-order valence-electron chi connectivity index (χ1n) is 11.7. The molecule has 0 heterocycles. The van der Waals surface area contributed by atoms with Crippen molar-refractivity contribution in [3.8, 4) is 0 Å². The smallest absolute Gasteiger partial charge is 0.317 e. The Labute approximate surface area is 218 Å². The minimum absolute atomic E-state index is 0.00394. The van der Waals surface area contributed by atoms with Crippen molar-refractivity contribution >= 4 is 33.7 Å². The summed E-state index contributed by atoms with van der Waals surface area (Å²) in [5, 5.41) is 11.3. The molecule has 1 saturated carbocycles. The van der Waals surface area contributed by atoms with Gasteiger partial charge in [0.25, 0.3) is 0 Å². The van der Waals surface area contributed by atoms with Crippen LogP contribution >= 0.6 is 15.9 Å². The molecule has 0 aromatic heterocycles. The molecule has 4 rings (SSSR count). The van der Waals surface area contributed by atoms with E-state index < -0.39 is 41.1 Å². The van der Waals surface area contributed by atoms with Crippen LogP contribution in [0.4, 0.5) is 0 Å². The maximum absolute atomic E-state index is 13.4. The third-order valence-corrected chi connectivity index (χ3v) is 7.01. The number of halogens is 1. The Balaban J connectivity index is 1.66. The van der Waals surface area contributed by atoms with Gasteiger partial charge in [-0.15, -0.1) is 0 Å². The van der Waals surface area contributed by atoms with Gasteiger partial charge in [0.05, 0.1) is 11.5 Å². The highest BCUT2D eigenvalue weighted by Gasteiger charge is 2.57. The van der Waals surface area contributed by atoms with Crippen molar-refractivity contribution in [3.63, 3.8) is 0 Å². The van der Waals surface area contributed by atoms with E-state index in [0.29, 0.717) is 5.56 Å². The lowest BCUT2D eigenvalue weighted by atomic mass is 9.62. The third-order valence-electron chi connectivity index (χ3n) is 6.48. The predicted molar refractivity (Wildman–Crippen MR) is 137 cm³/mol. The zero-order chi connectivity index (χ0) is 25.7. The minimum Gasteiger partial charge on any atom is -0.461 e. The number of rotatable bonds is 7. The molecule has 1 aliphatic carbocycles. The zero-order valence-corrected chi connectivity index (χ0v) is 21.4. The van der Waals surface area contributed by atoms with Gasteiger partial charge in [-0.25, -0.2) is 0 Å². The van der Waals surface area contributed by atoms with Crippen LogP contribution in [-0.2, 0) is 37.1 Å². The van der Waals surface area contributed by atoms with Crippen molar-refractivity contribution in [1.29, 1.82) is 0 Å². The molecule has 0 radical (unpaired) electrons.